The summed E-state index contributed by atoms with van der Waals surface area (Å²) in [6, 6.07) is 7.84. The van der Waals surface area contributed by atoms with E-state index in [-0.39, 0.29) is 18.4 Å². The summed E-state index contributed by atoms with van der Waals surface area (Å²) in [6.07, 6.45) is 3.98. The van der Waals surface area contributed by atoms with Crippen LogP contribution in [-0.4, -0.2) is 38.8 Å². The van der Waals surface area contributed by atoms with Crippen molar-refractivity contribution < 1.29 is 17.9 Å². The number of hydrogen-bond donors (Lipinski definition) is 2. The highest BCUT2D eigenvalue weighted by atomic mass is 32.2. The van der Waals surface area contributed by atoms with Crippen LogP contribution < -0.4 is 10.0 Å². The van der Waals surface area contributed by atoms with Crippen LogP contribution in [0.1, 0.15) is 52.0 Å². The van der Waals surface area contributed by atoms with Crippen molar-refractivity contribution in [3.05, 3.63) is 29.8 Å². The number of carbonyl (C=O) groups excluding carboxylic acids is 1. The molecule has 0 unspecified atom stereocenters. The molecular formula is C20H32N2O4S. The van der Waals surface area contributed by atoms with Crippen LogP contribution in [0.3, 0.4) is 0 Å². The number of anilines is 1. The molecule has 0 radical (unpaired) electrons. The molecule has 152 valence electrons. The first-order valence-electron chi connectivity index (χ1n) is 9.52. The van der Waals surface area contributed by atoms with Gasteiger partial charge in [-0.25, -0.2) is 13.1 Å². The van der Waals surface area contributed by atoms with Crippen LogP contribution in [-0.2, 0) is 26.0 Å². The highest BCUT2D eigenvalue weighted by Gasteiger charge is 2.32. The average Bonchev–Trinajstić information content (AvgIpc) is 2.60. The Labute approximate surface area is 163 Å². The van der Waals surface area contributed by atoms with Gasteiger partial charge in [0.25, 0.3) is 0 Å². The van der Waals surface area contributed by atoms with Gasteiger partial charge in [-0.2, -0.15) is 0 Å². The second-order valence-electron chi connectivity index (χ2n) is 8.29. The molecule has 0 aliphatic heterocycles. The maximum absolute atomic E-state index is 12.3. The second-order valence-corrected chi connectivity index (χ2v) is 10.8. The molecule has 0 atom stereocenters. The molecule has 0 spiro atoms. The van der Waals surface area contributed by atoms with Gasteiger partial charge in [0.2, 0.25) is 10.0 Å². The van der Waals surface area contributed by atoms with Crippen molar-refractivity contribution in [3.8, 4) is 0 Å². The van der Waals surface area contributed by atoms with Gasteiger partial charge in [0.1, 0.15) is 0 Å². The smallest absolute Gasteiger partial charge is 0.309 e. The van der Waals surface area contributed by atoms with Crippen molar-refractivity contribution in [2.24, 2.45) is 5.92 Å². The maximum Gasteiger partial charge on any atom is 0.309 e. The fourth-order valence-electron chi connectivity index (χ4n) is 3.17. The van der Waals surface area contributed by atoms with Gasteiger partial charge < -0.3 is 10.1 Å². The molecule has 7 heteroatoms. The number of esters is 1. The van der Waals surface area contributed by atoms with Crippen molar-refractivity contribution in [2.75, 3.05) is 19.0 Å². The van der Waals surface area contributed by atoms with Gasteiger partial charge >= 0.3 is 5.97 Å². The van der Waals surface area contributed by atoms with E-state index in [1.54, 1.807) is 20.8 Å². The number of hydrogen-bond acceptors (Lipinski definition) is 5. The van der Waals surface area contributed by atoms with E-state index in [0.717, 1.165) is 43.5 Å². The molecule has 0 amide bonds. The van der Waals surface area contributed by atoms with Crippen LogP contribution in [0.5, 0.6) is 0 Å². The fourth-order valence-corrected chi connectivity index (χ4v) is 4.20. The van der Waals surface area contributed by atoms with Gasteiger partial charge in [-0.15, -0.1) is 0 Å². The van der Waals surface area contributed by atoms with Crippen LogP contribution in [0.25, 0.3) is 0 Å². The summed E-state index contributed by atoms with van der Waals surface area (Å²) >= 11 is 0. The van der Waals surface area contributed by atoms with Crippen molar-refractivity contribution in [3.63, 3.8) is 0 Å². The van der Waals surface area contributed by atoms with E-state index in [4.69, 9.17) is 4.74 Å². The first kappa shape index (κ1) is 21.7. The van der Waals surface area contributed by atoms with Crippen LogP contribution in [0.2, 0.25) is 0 Å². The molecule has 27 heavy (non-hydrogen) atoms. The Morgan fingerprint density at radius 2 is 1.85 bits per heavy atom. The second kappa shape index (κ2) is 9.06. The number of rotatable bonds is 7. The Bertz CT molecular complexity index is 733. The molecule has 2 N–H and O–H groups in total. The van der Waals surface area contributed by atoms with E-state index in [9.17, 15) is 13.2 Å². The SMILES string of the molecule is COC(=O)Cc1cccc(NC[C@H]2CC[C@H](NS(=O)(=O)C(C)(C)C)CC2)c1. The lowest BCUT2D eigenvalue weighted by molar-refractivity contribution is -0.139. The minimum Gasteiger partial charge on any atom is -0.469 e. The lowest BCUT2D eigenvalue weighted by atomic mass is 9.86. The number of methoxy groups -OCH3 is 1. The molecule has 0 saturated heterocycles. The van der Waals surface area contributed by atoms with Crippen LogP contribution in [0, 0.1) is 5.92 Å². The van der Waals surface area contributed by atoms with Gasteiger partial charge in [-0.1, -0.05) is 12.1 Å². The molecule has 1 aliphatic rings. The summed E-state index contributed by atoms with van der Waals surface area (Å²) in [5.41, 5.74) is 1.92. The first-order chi connectivity index (χ1) is 12.6. The Hall–Kier alpha value is -1.60. The molecule has 1 aromatic rings. The number of carbonyl (C=O) groups is 1. The number of ether oxygens (including phenoxy) is 1. The normalized spacial score (nSPS) is 20.9. The summed E-state index contributed by atoms with van der Waals surface area (Å²) in [7, 11) is -1.90. The van der Waals surface area contributed by atoms with E-state index in [2.05, 4.69) is 10.0 Å². The average molecular weight is 397 g/mol. The van der Waals surface area contributed by atoms with Gasteiger partial charge in [-0.05, 0) is 70.1 Å². The third-order valence-corrected chi connectivity index (χ3v) is 7.33. The number of benzene rings is 1. The molecule has 2 rings (SSSR count). The van der Waals surface area contributed by atoms with Crippen LogP contribution in [0.15, 0.2) is 24.3 Å². The fraction of sp³-hybridized carbons (Fsp3) is 0.650. The van der Waals surface area contributed by atoms with Gasteiger partial charge in [0, 0.05) is 18.3 Å². The van der Waals surface area contributed by atoms with Gasteiger partial charge in [-0.3, -0.25) is 4.79 Å². The predicted octanol–water partition coefficient (Wildman–Crippen LogP) is 3.09. The summed E-state index contributed by atoms with van der Waals surface area (Å²) in [6.45, 7) is 6.01. The zero-order valence-electron chi connectivity index (χ0n) is 16.7. The summed E-state index contributed by atoms with van der Waals surface area (Å²) in [4.78, 5) is 11.4. The molecule has 0 heterocycles. The Balaban J connectivity index is 1.80. The lowest BCUT2D eigenvalue weighted by Gasteiger charge is -2.31. The molecule has 0 bridgehead atoms. The quantitative estimate of drug-likeness (QED) is 0.692. The van der Waals surface area contributed by atoms with Crippen LogP contribution >= 0.6 is 0 Å². The van der Waals surface area contributed by atoms with Crippen molar-refractivity contribution in [1.82, 2.24) is 4.72 Å². The summed E-state index contributed by atoms with van der Waals surface area (Å²) in [5.74, 6) is 0.271. The third-order valence-electron chi connectivity index (χ3n) is 5.07. The van der Waals surface area contributed by atoms with Gasteiger partial charge in [0.15, 0.2) is 0 Å². The van der Waals surface area contributed by atoms with E-state index in [1.807, 2.05) is 24.3 Å². The molecular weight excluding hydrogens is 364 g/mol. The number of nitrogens with one attached hydrogen (secondary N) is 2. The number of sulfonamides is 1. The van der Waals surface area contributed by atoms with E-state index >= 15 is 0 Å². The molecule has 0 aromatic heterocycles. The molecule has 1 aliphatic carbocycles. The highest BCUT2D eigenvalue weighted by molar-refractivity contribution is 7.90. The maximum atomic E-state index is 12.3. The molecule has 1 fully saturated rings. The van der Waals surface area contributed by atoms with Crippen molar-refractivity contribution in [2.45, 2.75) is 63.7 Å². The van der Waals surface area contributed by atoms with Crippen molar-refractivity contribution >= 4 is 21.7 Å². The minimum atomic E-state index is -3.29. The highest BCUT2D eigenvalue weighted by Crippen LogP contribution is 2.26. The molecule has 6 nitrogen and oxygen atoms in total. The Kier molecular flexibility index (Phi) is 7.28. The van der Waals surface area contributed by atoms with E-state index in [1.165, 1.54) is 7.11 Å². The van der Waals surface area contributed by atoms with E-state index < -0.39 is 14.8 Å². The standard InChI is InChI=1S/C20H32N2O4S/c1-20(2,3)27(24,25)22-17-10-8-15(9-11-17)14-21-18-7-5-6-16(12-18)13-19(23)26-4/h5-7,12,15,17,21-22H,8-11,13-14H2,1-4H3/t15-,17-. The zero-order chi connectivity index (χ0) is 20.1. The van der Waals surface area contributed by atoms with E-state index in [0.29, 0.717) is 5.92 Å². The predicted molar refractivity (Wildman–Crippen MR) is 108 cm³/mol. The molecule has 1 saturated carbocycles. The molecule has 1 aromatic carbocycles. The Morgan fingerprint density at radius 3 is 2.44 bits per heavy atom. The summed E-state index contributed by atoms with van der Waals surface area (Å²) < 4.78 is 31.4. The minimum absolute atomic E-state index is 0.0360. The van der Waals surface area contributed by atoms with Crippen LogP contribution in [0.4, 0.5) is 5.69 Å². The summed E-state index contributed by atoms with van der Waals surface area (Å²) in [5, 5.41) is 3.44. The van der Waals surface area contributed by atoms with Crippen molar-refractivity contribution in [1.29, 1.82) is 0 Å². The first-order valence-corrected chi connectivity index (χ1v) is 11.0. The van der Waals surface area contributed by atoms with Gasteiger partial charge in [0.05, 0.1) is 18.3 Å². The topological polar surface area (TPSA) is 84.5 Å². The third kappa shape index (κ3) is 6.50. The Morgan fingerprint density at radius 1 is 1.19 bits per heavy atom. The zero-order valence-corrected chi connectivity index (χ0v) is 17.6. The monoisotopic (exact) mass is 396 g/mol. The largest absolute Gasteiger partial charge is 0.469 e. The lowest BCUT2D eigenvalue weighted by Crippen LogP contribution is -2.46.